The molecule has 33 heavy (non-hydrogen) atoms. The second-order valence-electron chi connectivity index (χ2n) is 7.44. The number of ketones is 1. The van der Waals surface area contributed by atoms with Crippen LogP contribution in [0, 0.1) is 0 Å². The quantitative estimate of drug-likeness (QED) is 0.576. The molecule has 2 aromatic carbocycles. The minimum atomic E-state index is -4.01. The molecule has 1 N–H and O–H groups in total. The maximum absolute atomic E-state index is 13.2. The zero-order valence-electron chi connectivity index (χ0n) is 18.1. The van der Waals surface area contributed by atoms with E-state index in [1.54, 1.807) is 0 Å². The minimum Gasteiger partial charge on any atom is -0.493 e. The molecule has 8 nitrogen and oxygen atoms in total. The van der Waals surface area contributed by atoms with E-state index in [1.807, 2.05) is 0 Å². The van der Waals surface area contributed by atoms with E-state index in [0.717, 1.165) is 4.31 Å². The van der Waals surface area contributed by atoms with Crippen molar-refractivity contribution in [2.24, 2.45) is 0 Å². The number of piperidine rings is 1. The molecule has 1 aliphatic rings. The highest BCUT2D eigenvalue weighted by molar-refractivity contribution is 7.89. The first-order valence-corrected chi connectivity index (χ1v) is 11.6. The van der Waals surface area contributed by atoms with Crippen molar-refractivity contribution in [1.82, 2.24) is 4.31 Å². The lowest BCUT2D eigenvalue weighted by molar-refractivity contribution is -0.120. The van der Waals surface area contributed by atoms with Crippen LogP contribution in [0.25, 0.3) is 0 Å². The molecular formula is C22H24F2N2O6S. The van der Waals surface area contributed by atoms with Crippen LogP contribution in [0.2, 0.25) is 0 Å². The predicted octanol–water partition coefficient (Wildman–Crippen LogP) is 3.68. The van der Waals surface area contributed by atoms with Crippen molar-refractivity contribution in [3.05, 3.63) is 48.0 Å². The fourth-order valence-electron chi connectivity index (χ4n) is 3.62. The minimum absolute atomic E-state index is 0.0238. The standard InChI is InChI=1S/C22H24F2N2O6S/c1-14(27)15-6-9-17(10-7-15)33(29,30)26-12-4-3-5-18(26)21(28)25-16-8-11-19(31-2)20(13-16)32-22(23)24/h6-11,13,18,22H,3-5,12H2,1-2H3,(H,25,28). The summed E-state index contributed by atoms with van der Waals surface area (Å²) in [6.45, 7) is -1.55. The van der Waals surface area contributed by atoms with Crippen molar-refractivity contribution in [1.29, 1.82) is 0 Å². The number of Topliss-reactive ketones (excluding diaryl/α,β-unsaturated/α-hetero) is 1. The number of methoxy groups -OCH3 is 1. The summed E-state index contributed by atoms with van der Waals surface area (Å²) in [6.07, 6.45) is 1.53. The summed E-state index contributed by atoms with van der Waals surface area (Å²) in [4.78, 5) is 24.5. The molecule has 1 unspecified atom stereocenters. The largest absolute Gasteiger partial charge is 0.493 e. The van der Waals surface area contributed by atoms with Crippen LogP contribution in [0.3, 0.4) is 0 Å². The third kappa shape index (κ3) is 5.66. The first-order valence-electron chi connectivity index (χ1n) is 10.2. The van der Waals surface area contributed by atoms with Crippen LogP contribution in [-0.2, 0) is 14.8 Å². The van der Waals surface area contributed by atoms with E-state index in [-0.39, 0.29) is 34.4 Å². The van der Waals surface area contributed by atoms with Gasteiger partial charge in [0.15, 0.2) is 17.3 Å². The number of nitrogens with one attached hydrogen (secondary N) is 1. The molecule has 1 fully saturated rings. The number of nitrogens with zero attached hydrogens (tertiary/aromatic N) is 1. The van der Waals surface area contributed by atoms with Crippen molar-refractivity contribution < 1.29 is 36.3 Å². The summed E-state index contributed by atoms with van der Waals surface area (Å²) >= 11 is 0. The summed E-state index contributed by atoms with van der Waals surface area (Å²) < 4.78 is 62.4. The summed E-state index contributed by atoms with van der Waals surface area (Å²) in [5.41, 5.74) is 0.536. The molecule has 1 amide bonds. The van der Waals surface area contributed by atoms with Gasteiger partial charge < -0.3 is 14.8 Å². The van der Waals surface area contributed by atoms with Crippen molar-refractivity contribution >= 4 is 27.4 Å². The molecule has 1 saturated heterocycles. The maximum Gasteiger partial charge on any atom is 0.387 e. The molecule has 2 aromatic rings. The SMILES string of the molecule is COc1ccc(NC(=O)C2CCCCN2S(=O)(=O)c2ccc(C(C)=O)cc2)cc1OC(F)F. The van der Waals surface area contributed by atoms with Crippen LogP contribution in [0.5, 0.6) is 11.5 Å². The monoisotopic (exact) mass is 482 g/mol. The summed E-state index contributed by atoms with van der Waals surface area (Å²) in [5.74, 6) is -0.983. The number of carbonyl (C=O) groups is 2. The Bertz CT molecular complexity index is 1120. The average Bonchev–Trinajstić information content (AvgIpc) is 2.79. The number of halogens is 2. The number of ether oxygens (including phenoxy) is 2. The van der Waals surface area contributed by atoms with E-state index in [4.69, 9.17) is 4.74 Å². The molecule has 1 heterocycles. The average molecular weight is 483 g/mol. The van der Waals surface area contributed by atoms with Crippen molar-refractivity contribution in [3.8, 4) is 11.5 Å². The lowest BCUT2D eigenvalue weighted by Crippen LogP contribution is -2.49. The molecule has 1 aliphatic heterocycles. The van der Waals surface area contributed by atoms with Gasteiger partial charge in [0.1, 0.15) is 6.04 Å². The molecule has 0 bridgehead atoms. The predicted molar refractivity (Wildman–Crippen MR) is 116 cm³/mol. The summed E-state index contributed by atoms with van der Waals surface area (Å²) in [6, 6.07) is 8.53. The normalized spacial score (nSPS) is 16.9. The third-order valence-corrected chi connectivity index (χ3v) is 7.19. The maximum atomic E-state index is 13.2. The first-order chi connectivity index (χ1) is 15.6. The van der Waals surface area contributed by atoms with Gasteiger partial charge in [-0.3, -0.25) is 9.59 Å². The van der Waals surface area contributed by atoms with Crippen molar-refractivity contribution in [2.45, 2.75) is 43.7 Å². The van der Waals surface area contributed by atoms with Crippen LogP contribution >= 0.6 is 0 Å². The van der Waals surface area contributed by atoms with Gasteiger partial charge in [-0.1, -0.05) is 18.6 Å². The Labute approximate surface area is 190 Å². The second kappa shape index (κ2) is 10.3. The summed E-state index contributed by atoms with van der Waals surface area (Å²) in [5, 5.41) is 2.58. The van der Waals surface area contributed by atoms with E-state index in [1.165, 1.54) is 56.5 Å². The van der Waals surface area contributed by atoms with Gasteiger partial charge >= 0.3 is 6.61 Å². The van der Waals surface area contributed by atoms with Gasteiger partial charge in [-0.05, 0) is 44.0 Å². The number of alkyl halides is 2. The van der Waals surface area contributed by atoms with Crippen LogP contribution < -0.4 is 14.8 Å². The highest BCUT2D eigenvalue weighted by Gasteiger charge is 2.37. The lowest BCUT2D eigenvalue weighted by atomic mass is 10.0. The van der Waals surface area contributed by atoms with E-state index in [2.05, 4.69) is 10.1 Å². The van der Waals surface area contributed by atoms with E-state index < -0.39 is 28.6 Å². The van der Waals surface area contributed by atoms with Gasteiger partial charge in [0.2, 0.25) is 15.9 Å². The molecular weight excluding hydrogens is 458 g/mol. The van der Waals surface area contributed by atoms with Gasteiger partial charge in [-0.2, -0.15) is 13.1 Å². The highest BCUT2D eigenvalue weighted by Crippen LogP contribution is 2.32. The number of hydrogen-bond acceptors (Lipinski definition) is 6. The van der Waals surface area contributed by atoms with Crippen LogP contribution in [0.15, 0.2) is 47.4 Å². The Morgan fingerprint density at radius 1 is 1.09 bits per heavy atom. The topological polar surface area (TPSA) is 102 Å². The van der Waals surface area contributed by atoms with Crippen LogP contribution in [0.1, 0.15) is 36.5 Å². The number of sulfonamides is 1. The number of rotatable bonds is 8. The molecule has 0 radical (unpaired) electrons. The van der Waals surface area contributed by atoms with Gasteiger partial charge in [0.25, 0.3) is 0 Å². The Hall–Kier alpha value is -3.05. The fourth-order valence-corrected chi connectivity index (χ4v) is 5.28. The van der Waals surface area contributed by atoms with Crippen LogP contribution in [0.4, 0.5) is 14.5 Å². The van der Waals surface area contributed by atoms with Crippen LogP contribution in [-0.4, -0.2) is 50.7 Å². The summed E-state index contributed by atoms with van der Waals surface area (Å²) in [7, 11) is -2.72. The third-order valence-electron chi connectivity index (χ3n) is 5.27. The Morgan fingerprint density at radius 3 is 2.39 bits per heavy atom. The number of amides is 1. The molecule has 3 rings (SSSR count). The van der Waals surface area contributed by atoms with E-state index in [0.29, 0.717) is 24.8 Å². The van der Waals surface area contributed by atoms with E-state index in [9.17, 15) is 26.8 Å². The van der Waals surface area contributed by atoms with Gasteiger partial charge in [0, 0.05) is 23.9 Å². The molecule has 0 saturated carbocycles. The number of benzene rings is 2. The highest BCUT2D eigenvalue weighted by atomic mass is 32.2. The Morgan fingerprint density at radius 2 is 1.79 bits per heavy atom. The van der Waals surface area contributed by atoms with Gasteiger partial charge in [-0.25, -0.2) is 8.42 Å². The lowest BCUT2D eigenvalue weighted by Gasteiger charge is -2.33. The zero-order valence-corrected chi connectivity index (χ0v) is 18.9. The second-order valence-corrected chi connectivity index (χ2v) is 9.33. The smallest absolute Gasteiger partial charge is 0.387 e. The molecule has 178 valence electrons. The van der Waals surface area contributed by atoms with E-state index >= 15 is 0 Å². The molecule has 11 heteroatoms. The number of hydrogen-bond donors (Lipinski definition) is 1. The van der Waals surface area contributed by atoms with Gasteiger partial charge in [0.05, 0.1) is 12.0 Å². The Kier molecular flexibility index (Phi) is 7.65. The van der Waals surface area contributed by atoms with Gasteiger partial charge in [-0.15, -0.1) is 0 Å². The molecule has 0 aromatic heterocycles. The van der Waals surface area contributed by atoms with Crippen molar-refractivity contribution in [2.75, 3.05) is 19.0 Å². The molecule has 0 aliphatic carbocycles. The number of carbonyl (C=O) groups excluding carboxylic acids is 2. The van der Waals surface area contributed by atoms with Crippen molar-refractivity contribution in [3.63, 3.8) is 0 Å². The zero-order chi connectivity index (χ0) is 24.2. The number of anilines is 1. The fraction of sp³-hybridized carbons (Fsp3) is 0.364. The first kappa shape index (κ1) is 24.6. The molecule has 1 atom stereocenters. The Balaban J connectivity index is 1.83. The molecule has 0 spiro atoms.